The van der Waals surface area contributed by atoms with Crippen molar-refractivity contribution in [3.63, 3.8) is 0 Å². The Morgan fingerprint density at radius 2 is 2.06 bits per heavy atom. The van der Waals surface area contributed by atoms with Crippen LogP contribution in [0.3, 0.4) is 0 Å². The third-order valence-electron chi connectivity index (χ3n) is 3.90. The van der Waals surface area contributed by atoms with Gasteiger partial charge in [-0.05, 0) is 50.5 Å². The molecule has 0 saturated carbocycles. The van der Waals surface area contributed by atoms with E-state index in [1.54, 1.807) is 5.57 Å². The maximum absolute atomic E-state index is 3.71. The number of allylic oxidation sites excluding steroid dienone is 2. The van der Waals surface area contributed by atoms with E-state index in [-0.39, 0.29) is 0 Å². The van der Waals surface area contributed by atoms with Gasteiger partial charge in [-0.2, -0.15) is 0 Å². The summed E-state index contributed by atoms with van der Waals surface area (Å²) in [6.45, 7) is 15.0. The molecule has 0 radical (unpaired) electrons. The highest BCUT2D eigenvalue weighted by molar-refractivity contribution is 5.06. The average Bonchev–Trinajstić information content (AvgIpc) is 2.11. The van der Waals surface area contributed by atoms with E-state index in [0.717, 1.165) is 11.8 Å². The molecule has 0 fully saturated rings. The van der Waals surface area contributed by atoms with E-state index >= 15 is 0 Å². The van der Waals surface area contributed by atoms with Gasteiger partial charge in [0.15, 0.2) is 0 Å². The number of hydrogen-bond acceptors (Lipinski definition) is 1. The normalized spacial score (nSPS) is 28.8. The summed E-state index contributed by atoms with van der Waals surface area (Å²) in [5, 5.41) is 3.71. The Morgan fingerprint density at radius 3 is 2.56 bits per heavy atom. The Hall–Kier alpha value is -0.300. The minimum absolute atomic E-state index is 0.366. The molecule has 94 valence electrons. The Labute approximate surface area is 102 Å². The van der Waals surface area contributed by atoms with E-state index in [1.165, 1.54) is 19.4 Å². The first-order valence-corrected chi connectivity index (χ1v) is 6.69. The molecule has 3 atom stereocenters. The third-order valence-corrected chi connectivity index (χ3v) is 3.90. The molecule has 0 aromatic heterocycles. The second-order valence-electron chi connectivity index (χ2n) is 6.79. The molecule has 3 unspecified atom stereocenters. The van der Waals surface area contributed by atoms with Crippen molar-refractivity contribution in [2.45, 2.75) is 60.4 Å². The smallest absolute Gasteiger partial charge is 0.00873 e. The minimum atomic E-state index is 0.366. The molecule has 16 heavy (non-hydrogen) atoms. The van der Waals surface area contributed by atoms with Crippen LogP contribution in [0.5, 0.6) is 0 Å². The van der Waals surface area contributed by atoms with E-state index in [1.807, 2.05) is 0 Å². The van der Waals surface area contributed by atoms with Gasteiger partial charge >= 0.3 is 0 Å². The van der Waals surface area contributed by atoms with Crippen molar-refractivity contribution in [3.8, 4) is 0 Å². The zero-order chi connectivity index (χ0) is 12.3. The van der Waals surface area contributed by atoms with Crippen molar-refractivity contribution in [2.24, 2.45) is 17.3 Å². The average molecular weight is 223 g/mol. The molecular formula is C15H29N. The second-order valence-corrected chi connectivity index (χ2v) is 6.79. The molecule has 1 N–H and O–H groups in total. The fraction of sp³-hybridized carbons (Fsp3) is 0.867. The van der Waals surface area contributed by atoms with Crippen LogP contribution in [0.2, 0.25) is 0 Å². The first-order chi connectivity index (χ1) is 7.29. The SMILES string of the molecule is CC1=CC(C)CC(CNC(C)C(C)(C)C)C1. The molecule has 1 rings (SSSR count). The maximum Gasteiger partial charge on any atom is 0.00873 e. The topological polar surface area (TPSA) is 12.0 Å². The van der Waals surface area contributed by atoms with E-state index < -0.39 is 0 Å². The summed E-state index contributed by atoms with van der Waals surface area (Å²) in [7, 11) is 0. The first kappa shape index (κ1) is 13.8. The molecule has 0 aromatic carbocycles. The van der Waals surface area contributed by atoms with Gasteiger partial charge in [-0.25, -0.2) is 0 Å². The van der Waals surface area contributed by atoms with Gasteiger partial charge in [0.2, 0.25) is 0 Å². The summed E-state index contributed by atoms with van der Waals surface area (Å²) < 4.78 is 0. The molecule has 0 saturated heterocycles. The highest BCUT2D eigenvalue weighted by atomic mass is 14.9. The fourth-order valence-electron chi connectivity index (χ4n) is 2.49. The largest absolute Gasteiger partial charge is 0.313 e. The molecular weight excluding hydrogens is 194 g/mol. The summed E-state index contributed by atoms with van der Waals surface area (Å²) in [4.78, 5) is 0. The van der Waals surface area contributed by atoms with Crippen LogP contribution in [0.4, 0.5) is 0 Å². The lowest BCUT2D eigenvalue weighted by Crippen LogP contribution is -2.40. The maximum atomic E-state index is 3.71. The predicted octanol–water partition coefficient (Wildman–Crippen LogP) is 4.00. The van der Waals surface area contributed by atoms with Crippen molar-refractivity contribution >= 4 is 0 Å². The molecule has 1 nitrogen and oxygen atoms in total. The molecule has 0 aliphatic heterocycles. The van der Waals surface area contributed by atoms with Gasteiger partial charge in [0.05, 0.1) is 0 Å². The number of nitrogens with one attached hydrogen (secondary N) is 1. The quantitative estimate of drug-likeness (QED) is 0.713. The fourth-order valence-corrected chi connectivity index (χ4v) is 2.49. The monoisotopic (exact) mass is 223 g/mol. The summed E-state index contributed by atoms with van der Waals surface area (Å²) in [6.07, 6.45) is 5.07. The molecule has 0 bridgehead atoms. The Kier molecular flexibility index (Phi) is 4.61. The molecule has 1 aliphatic rings. The van der Waals surface area contributed by atoms with Gasteiger partial charge < -0.3 is 5.32 Å². The van der Waals surface area contributed by atoms with Crippen LogP contribution >= 0.6 is 0 Å². The highest BCUT2D eigenvalue weighted by Crippen LogP contribution is 2.28. The van der Waals surface area contributed by atoms with Crippen molar-refractivity contribution in [1.82, 2.24) is 5.32 Å². The van der Waals surface area contributed by atoms with Crippen LogP contribution in [0.25, 0.3) is 0 Å². The van der Waals surface area contributed by atoms with Crippen molar-refractivity contribution < 1.29 is 0 Å². The van der Waals surface area contributed by atoms with Crippen LogP contribution in [-0.2, 0) is 0 Å². The van der Waals surface area contributed by atoms with Crippen LogP contribution in [0.1, 0.15) is 54.4 Å². The van der Waals surface area contributed by atoms with Gasteiger partial charge in [-0.15, -0.1) is 0 Å². The molecule has 1 aliphatic carbocycles. The lowest BCUT2D eigenvalue weighted by atomic mass is 9.82. The predicted molar refractivity (Wildman–Crippen MR) is 72.6 cm³/mol. The molecule has 0 spiro atoms. The number of rotatable bonds is 3. The summed E-state index contributed by atoms with van der Waals surface area (Å²) >= 11 is 0. The van der Waals surface area contributed by atoms with Crippen LogP contribution in [0.15, 0.2) is 11.6 Å². The number of hydrogen-bond donors (Lipinski definition) is 1. The van der Waals surface area contributed by atoms with E-state index in [2.05, 4.69) is 52.9 Å². The molecule has 0 heterocycles. The first-order valence-electron chi connectivity index (χ1n) is 6.69. The van der Waals surface area contributed by atoms with Gasteiger partial charge in [0, 0.05) is 6.04 Å². The zero-order valence-corrected chi connectivity index (χ0v) is 11.9. The minimum Gasteiger partial charge on any atom is -0.313 e. The Morgan fingerprint density at radius 1 is 1.44 bits per heavy atom. The van der Waals surface area contributed by atoms with Gasteiger partial charge in [0.25, 0.3) is 0 Å². The van der Waals surface area contributed by atoms with Gasteiger partial charge in [-0.1, -0.05) is 39.3 Å². The van der Waals surface area contributed by atoms with Crippen molar-refractivity contribution in [1.29, 1.82) is 0 Å². The zero-order valence-electron chi connectivity index (χ0n) is 11.9. The van der Waals surface area contributed by atoms with Crippen molar-refractivity contribution in [2.75, 3.05) is 6.54 Å². The summed E-state index contributed by atoms with van der Waals surface area (Å²) in [6, 6.07) is 0.592. The standard InChI is InChI=1S/C15H29N/c1-11-7-12(2)9-14(8-11)10-16-13(3)15(4,5)6/h7,11,13-14,16H,8-10H2,1-6H3. The molecule has 0 amide bonds. The lowest BCUT2D eigenvalue weighted by Gasteiger charge is -2.32. The Bertz CT molecular complexity index is 247. The van der Waals surface area contributed by atoms with Crippen LogP contribution in [0, 0.1) is 17.3 Å². The van der Waals surface area contributed by atoms with Gasteiger partial charge in [0.1, 0.15) is 0 Å². The van der Waals surface area contributed by atoms with Crippen LogP contribution < -0.4 is 5.32 Å². The van der Waals surface area contributed by atoms with Crippen molar-refractivity contribution in [3.05, 3.63) is 11.6 Å². The van der Waals surface area contributed by atoms with Gasteiger partial charge in [-0.3, -0.25) is 0 Å². The summed E-state index contributed by atoms with van der Waals surface area (Å²) in [5.74, 6) is 1.61. The second kappa shape index (κ2) is 5.35. The highest BCUT2D eigenvalue weighted by Gasteiger charge is 2.22. The summed E-state index contributed by atoms with van der Waals surface area (Å²) in [5.41, 5.74) is 1.94. The van der Waals surface area contributed by atoms with E-state index in [9.17, 15) is 0 Å². The molecule has 1 heteroatoms. The lowest BCUT2D eigenvalue weighted by molar-refractivity contribution is 0.262. The molecule has 0 aromatic rings. The van der Waals surface area contributed by atoms with E-state index in [4.69, 9.17) is 0 Å². The van der Waals surface area contributed by atoms with E-state index in [0.29, 0.717) is 11.5 Å². The van der Waals surface area contributed by atoms with Crippen LogP contribution in [-0.4, -0.2) is 12.6 Å². The Balaban J connectivity index is 2.37. The third kappa shape index (κ3) is 4.29.